The van der Waals surface area contributed by atoms with Gasteiger partial charge in [-0.3, -0.25) is 4.79 Å². The summed E-state index contributed by atoms with van der Waals surface area (Å²) >= 11 is 8.90. The van der Waals surface area contributed by atoms with Crippen molar-refractivity contribution in [1.29, 1.82) is 0 Å². The predicted molar refractivity (Wildman–Crippen MR) is 91.7 cm³/mol. The van der Waals surface area contributed by atoms with Crippen molar-refractivity contribution >= 4 is 45.3 Å². The van der Waals surface area contributed by atoms with Gasteiger partial charge in [-0.1, -0.05) is 23.7 Å². The van der Waals surface area contributed by atoms with Gasteiger partial charge in [0.05, 0.1) is 17.8 Å². The normalized spacial score (nSPS) is 10.6. The largest absolute Gasteiger partial charge is 0.302 e. The van der Waals surface area contributed by atoms with Gasteiger partial charge in [-0.05, 0) is 19.1 Å². The lowest BCUT2D eigenvalue weighted by atomic mass is 10.2. The number of hydrogen-bond acceptors (Lipinski definition) is 5. The van der Waals surface area contributed by atoms with E-state index in [2.05, 4.69) is 15.3 Å². The van der Waals surface area contributed by atoms with E-state index < -0.39 is 0 Å². The first-order chi connectivity index (χ1) is 10.6. The van der Waals surface area contributed by atoms with Gasteiger partial charge in [-0.15, -0.1) is 22.7 Å². The summed E-state index contributed by atoms with van der Waals surface area (Å²) in [5.74, 6) is -0.114. The zero-order valence-corrected chi connectivity index (χ0v) is 14.1. The van der Waals surface area contributed by atoms with E-state index in [4.69, 9.17) is 11.6 Å². The number of benzene rings is 1. The van der Waals surface area contributed by atoms with E-state index >= 15 is 0 Å². The topological polar surface area (TPSA) is 54.9 Å². The molecule has 0 unspecified atom stereocenters. The SMILES string of the molecule is Cc1csc(NC(=O)Cc2csc(-c3cccc(Cl)c3)n2)n1. The van der Waals surface area contributed by atoms with Crippen molar-refractivity contribution in [3.8, 4) is 10.6 Å². The second-order valence-corrected chi connectivity index (χ2v) is 6.83. The van der Waals surface area contributed by atoms with Gasteiger partial charge in [-0.25, -0.2) is 9.97 Å². The van der Waals surface area contributed by atoms with Crippen LogP contribution in [0.1, 0.15) is 11.4 Å². The zero-order valence-electron chi connectivity index (χ0n) is 11.7. The van der Waals surface area contributed by atoms with E-state index in [0.29, 0.717) is 10.2 Å². The molecule has 1 aromatic carbocycles. The predicted octanol–water partition coefficient (Wildman–Crippen LogP) is 4.41. The highest BCUT2D eigenvalue weighted by molar-refractivity contribution is 7.14. The smallest absolute Gasteiger partial charge is 0.232 e. The number of nitrogens with one attached hydrogen (secondary N) is 1. The molecule has 0 radical (unpaired) electrons. The standard InChI is InChI=1S/C15H12ClN3OS2/c1-9-7-22-15(17-9)19-13(20)6-12-8-21-14(18-12)10-3-2-4-11(16)5-10/h2-5,7-8H,6H2,1H3,(H,17,19,20). The van der Waals surface area contributed by atoms with E-state index in [1.807, 2.05) is 41.9 Å². The van der Waals surface area contributed by atoms with Crippen LogP contribution in [-0.2, 0) is 11.2 Å². The molecule has 0 aliphatic rings. The molecule has 0 aliphatic heterocycles. The number of carbonyl (C=O) groups excluding carboxylic acids is 1. The van der Waals surface area contributed by atoms with Crippen LogP contribution in [0.25, 0.3) is 10.6 Å². The third-order valence-electron chi connectivity index (χ3n) is 2.83. The molecule has 1 amide bonds. The van der Waals surface area contributed by atoms with Gasteiger partial charge in [0.15, 0.2) is 5.13 Å². The number of rotatable bonds is 4. The van der Waals surface area contributed by atoms with E-state index in [-0.39, 0.29) is 12.3 Å². The Kier molecular flexibility index (Phi) is 4.52. The number of carbonyl (C=O) groups is 1. The highest BCUT2D eigenvalue weighted by atomic mass is 35.5. The molecule has 3 aromatic rings. The summed E-state index contributed by atoms with van der Waals surface area (Å²) in [6.07, 6.45) is 0.232. The highest BCUT2D eigenvalue weighted by Gasteiger charge is 2.11. The molecule has 2 heterocycles. The lowest BCUT2D eigenvalue weighted by molar-refractivity contribution is -0.115. The molecule has 4 nitrogen and oxygen atoms in total. The average molecular weight is 350 g/mol. The zero-order chi connectivity index (χ0) is 15.5. The molecular weight excluding hydrogens is 338 g/mol. The van der Waals surface area contributed by atoms with E-state index in [9.17, 15) is 4.79 Å². The van der Waals surface area contributed by atoms with Crippen molar-refractivity contribution in [1.82, 2.24) is 9.97 Å². The summed E-state index contributed by atoms with van der Waals surface area (Å²) in [4.78, 5) is 20.7. The average Bonchev–Trinajstić information content (AvgIpc) is 3.08. The molecule has 0 saturated carbocycles. The highest BCUT2D eigenvalue weighted by Crippen LogP contribution is 2.26. The van der Waals surface area contributed by atoms with Gasteiger partial charge >= 0.3 is 0 Å². The van der Waals surface area contributed by atoms with E-state index in [1.54, 1.807) is 0 Å². The van der Waals surface area contributed by atoms with Crippen LogP contribution in [0.4, 0.5) is 5.13 Å². The summed E-state index contributed by atoms with van der Waals surface area (Å²) < 4.78 is 0. The summed E-state index contributed by atoms with van der Waals surface area (Å²) in [7, 11) is 0. The van der Waals surface area contributed by atoms with Crippen LogP contribution in [-0.4, -0.2) is 15.9 Å². The first kappa shape index (κ1) is 15.1. The summed E-state index contributed by atoms with van der Waals surface area (Å²) in [6, 6.07) is 7.52. The molecule has 0 aliphatic carbocycles. The Hall–Kier alpha value is -1.76. The minimum absolute atomic E-state index is 0.114. The minimum Gasteiger partial charge on any atom is -0.302 e. The van der Waals surface area contributed by atoms with Crippen molar-refractivity contribution in [2.75, 3.05) is 5.32 Å². The Morgan fingerprint density at radius 1 is 1.27 bits per heavy atom. The summed E-state index contributed by atoms with van der Waals surface area (Å²) in [5.41, 5.74) is 2.60. The second-order valence-electron chi connectivity index (χ2n) is 4.67. The van der Waals surface area contributed by atoms with E-state index in [0.717, 1.165) is 22.0 Å². The first-order valence-electron chi connectivity index (χ1n) is 6.52. The number of nitrogens with zero attached hydrogens (tertiary/aromatic N) is 2. The van der Waals surface area contributed by atoms with Crippen LogP contribution in [0.5, 0.6) is 0 Å². The Balaban J connectivity index is 1.67. The number of anilines is 1. The summed E-state index contributed by atoms with van der Waals surface area (Å²) in [6.45, 7) is 1.89. The van der Waals surface area contributed by atoms with Crippen molar-refractivity contribution in [2.45, 2.75) is 13.3 Å². The number of thiazole rings is 2. The van der Waals surface area contributed by atoms with Gasteiger partial charge < -0.3 is 5.32 Å². The molecule has 22 heavy (non-hydrogen) atoms. The molecule has 0 atom stereocenters. The second kappa shape index (κ2) is 6.56. The third kappa shape index (κ3) is 3.71. The number of halogens is 1. The van der Waals surface area contributed by atoms with Gasteiger partial charge in [0.25, 0.3) is 0 Å². The molecule has 112 valence electrons. The fourth-order valence-electron chi connectivity index (χ4n) is 1.88. The fourth-order valence-corrected chi connectivity index (χ4v) is 3.59. The molecule has 0 bridgehead atoms. The van der Waals surface area contributed by atoms with Crippen LogP contribution in [0.15, 0.2) is 35.0 Å². The first-order valence-corrected chi connectivity index (χ1v) is 8.66. The number of hydrogen-bond donors (Lipinski definition) is 1. The lowest BCUT2D eigenvalue weighted by Gasteiger charge is -1.99. The number of aryl methyl sites for hydroxylation is 1. The van der Waals surface area contributed by atoms with Crippen LogP contribution < -0.4 is 5.32 Å². The van der Waals surface area contributed by atoms with Crippen molar-refractivity contribution < 1.29 is 4.79 Å². The van der Waals surface area contributed by atoms with Gasteiger partial charge in [0.2, 0.25) is 5.91 Å². The quantitative estimate of drug-likeness (QED) is 0.759. The number of aromatic nitrogens is 2. The van der Waals surface area contributed by atoms with Gasteiger partial charge in [-0.2, -0.15) is 0 Å². The van der Waals surface area contributed by atoms with Gasteiger partial charge in [0.1, 0.15) is 5.01 Å². The molecular formula is C15H12ClN3OS2. The molecule has 0 spiro atoms. The lowest BCUT2D eigenvalue weighted by Crippen LogP contribution is -2.14. The molecule has 3 rings (SSSR count). The van der Waals surface area contributed by atoms with Crippen LogP contribution in [0.2, 0.25) is 5.02 Å². The molecule has 0 fully saturated rings. The maximum absolute atomic E-state index is 12.0. The van der Waals surface area contributed by atoms with Crippen LogP contribution >= 0.6 is 34.3 Å². The minimum atomic E-state index is -0.114. The Bertz CT molecular complexity index is 812. The Morgan fingerprint density at radius 2 is 2.14 bits per heavy atom. The molecule has 0 saturated heterocycles. The van der Waals surface area contributed by atoms with Crippen LogP contribution in [0, 0.1) is 6.92 Å². The molecule has 2 aromatic heterocycles. The number of amides is 1. The fraction of sp³-hybridized carbons (Fsp3) is 0.133. The van der Waals surface area contributed by atoms with Crippen LogP contribution in [0.3, 0.4) is 0 Å². The summed E-state index contributed by atoms with van der Waals surface area (Å²) in [5, 5.41) is 8.72. The van der Waals surface area contributed by atoms with Crippen molar-refractivity contribution in [2.24, 2.45) is 0 Å². The maximum atomic E-state index is 12.0. The third-order valence-corrected chi connectivity index (χ3v) is 4.88. The van der Waals surface area contributed by atoms with E-state index in [1.165, 1.54) is 22.7 Å². The Labute approximate surface area is 140 Å². The Morgan fingerprint density at radius 3 is 2.86 bits per heavy atom. The van der Waals surface area contributed by atoms with Crippen molar-refractivity contribution in [3.05, 3.63) is 51.4 Å². The maximum Gasteiger partial charge on any atom is 0.232 e. The molecule has 7 heteroatoms. The monoisotopic (exact) mass is 349 g/mol. The van der Waals surface area contributed by atoms with Crippen molar-refractivity contribution in [3.63, 3.8) is 0 Å². The molecule has 1 N–H and O–H groups in total. The van der Waals surface area contributed by atoms with Gasteiger partial charge in [0, 0.05) is 21.3 Å².